The number of hydrogen-bond acceptors (Lipinski definition) is 3. The van der Waals surface area contributed by atoms with Crippen LogP contribution in [0.15, 0.2) is 54.6 Å². The summed E-state index contributed by atoms with van der Waals surface area (Å²) in [6.07, 6.45) is 0. The minimum atomic E-state index is -0.555. The van der Waals surface area contributed by atoms with Crippen LogP contribution in [0.1, 0.15) is 22.0 Å². The smallest absolute Gasteiger partial charge is 0.282 e. The molecule has 21 heavy (non-hydrogen) atoms. The van der Waals surface area contributed by atoms with Gasteiger partial charge in [0.1, 0.15) is 5.56 Å². The number of carbonyl (C=O) groups is 1. The third-order valence-corrected chi connectivity index (χ3v) is 3.65. The molecule has 0 radical (unpaired) electrons. The largest absolute Gasteiger partial charge is 0.344 e. The molecular formula is C15H13BrN2O3. The van der Waals surface area contributed by atoms with E-state index in [0.29, 0.717) is 5.33 Å². The second kappa shape index (κ2) is 6.99. The number of benzene rings is 2. The molecule has 0 aliphatic carbocycles. The first-order valence-electron chi connectivity index (χ1n) is 6.28. The molecule has 0 spiro atoms. The Hall–Kier alpha value is -2.21. The van der Waals surface area contributed by atoms with Gasteiger partial charge < -0.3 is 5.32 Å². The molecule has 5 nitrogen and oxygen atoms in total. The fraction of sp³-hybridized carbons (Fsp3) is 0.133. The molecule has 0 fully saturated rings. The Kier molecular flexibility index (Phi) is 5.05. The predicted octanol–water partition coefficient (Wildman–Crippen LogP) is 3.46. The van der Waals surface area contributed by atoms with Gasteiger partial charge >= 0.3 is 0 Å². The maximum absolute atomic E-state index is 12.3. The molecule has 108 valence electrons. The van der Waals surface area contributed by atoms with Crippen molar-refractivity contribution in [2.75, 3.05) is 5.33 Å². The van der Waals surface area contributed by atoms with Gasteiger partial charge in [0.05, 0.1) is 11.0 Å². The number of nitro benzene ring substituents is 1. The van der Waals surface area contributed by atoms with Crippen molar-refractivity contribution in [3.63, 3.8) is 0 Å². The third kappa shape index (κ3) is 3.66. The van der Waals surface area contributed by atoms with E-state index in [0.717, 1.165) is 5.56 Å². The quantitative estimate of drug-likeness (QED) is 0.510. The maximum Gasteiger partial charge on any atom is 0.282 e. The van der Waals surface area contributed by atoms with E-state index < -0.39 is 10.8 Å². The van der Waals surface area contributed by atoms with Crippen molar-refractivity contribution in [3.8, 4) is 0 Å². The van der Waals surface area contributed by atoms with Crippen molar-refractivity contribution in [2.45, 2.75) is 6.04 Å². The molecule has 2 rings (SSSR count). The molecule has 0 heterocycles. The van der Waals surface area contributed by atoms with Crippen LogP contribution in [-0.4, -0.2) is 16.2 Å². The van der Waals surface area contributed by atoms with Gasteiger partial charge in [-0.1, -0.05) is 58.4 Å². The summed E-state index contributed by atoms with van der Waals surface area (Å²) in [7, 11) is 0. The van der Waals surface area contributed by atoms with Crippen molar-refractivity contribution in [3.05, 3.63) is 75.8 Å². The third-order valence-electron chi connectivity index (χ3n) is 3.01. The Labute approximate surface area is 130 Å². The predicted molar refractivity (Wildman–Crippen MR) is 83.5 cm³/mol. The van der Waals surface area contributed by atoms with Crippen molar-refractivity contribution >= 4 is 27.5 Å². The molecular weight excluding hydrogens is 336 g/mol. The molecule has 0 saturated carbocycles. The van der Waals surface area contributed by atoms with Crippen LogP contribution in [0.5, 0.6) is 0 Å². The first kappa shape index (κ1) is 15.2. The highest BCUT2D eigenvalue weighted by Gasteiger charge is 2.21. The van der Waals surface area contributed by atoms with Crippen LogP contribution in [0.2, 0.25) is 0 Å². The monoisotopic (exact) mass is 348 g/mol. The molecule has 0 aromatic heterocycles. The van der Waals surface area contributed by atoms with E-state index in [9.17, 15) is 14.9 Å². The molecule has 0 aliphatic heterocycles. The van der Waals surface area contributed by atoms with E-state index in [-0.39, 0.29) is 17.3 Å². The summed E-state index contributed by atoms with van der Waals surface area (Å²) in [6, 6.07) is 15.1. The average molecular weight is 349 g/mol. The van der Waals surface area contributed by atoms with Crippen LogP contribution < -0.4 is 5.32 Å². The van der Waals surface area contributed by atoms with Gasteiger partial charge in [0.15, 0.2) is 0 Å². The minimum absolute atomic E-state index is 0.0596. The van der Waals surface area contributed by atoms with Gasteiger partial charge in [-0.2, -0.15) is 0 Å². The summed E-state index contributed by atoms with van der Waals surface area (Å²) in [5, 5.41) is 14.3. The van der Waals surface area contributed by atoms with Crippen LogP contribution in [0.25, 0.3) is 0 Å². The van der Waals surface area contributed by atoms with Gasteiger partial charge in [-0.25, -0.2) is 0 Å². The summed E-state index contributed by atoms with van der Waals surface area (Å²) in [4.78, 5) is 22.7. The van der Waals surface area contributed by atoms with E-state index in [1.54, 1.807) is 6.07 Å². The lowest BCUT2D eigenvalue weighted by atomic mass is 10.1. The van der Waals surface area contributed by atoms with Crippen LogP contribution >= 0.6 is 15.9 Å². The number of hydrogen-bond donors (Lipinski definition) is 1. The van der Waals surface area contributed by atoms with Crippen molar-refractivity contribution in [1.29, 1.82) is 0 Å². The van der Waals surface area contributed by atoms with Crippen molar-refractivity contribution in [2.24, 2.45) is 0 Å². The van der Waals surface area contributed by atoms with Gasteiger partial charge in [0.2, 0.25) is 0 Å². The second-order valence-electron chi connectivity index (χ2n) is 4.37. The van der Waals surface area contributed by atoms with Crippen molar-refractivity contribution in [1.82, 2.24) is 5.32 Å². The number of carbonyl (C=O) groups excluding carboxylic acids is 1. The maximum atomic E-state index is 12.3. The molecule has 1 amide bonds. The van der Waals surface area contributed by atoms with Gasteiger partial charge in [-0.3, -0.25) is 14.9 Å². The molecule has 1 N–H and O–H groups in total. The highest BCUT2D eigenvalue weighted by Crippen LogP contribution is 2.20. The number of nitrogens with zero attached hydrogens (tertiary/aromatic N) is 1. The molecule has 0 saturated heterocycles. The fourth-order valence-electron chi connectivity index (χ4n) is 1.96. The lowest BCUT2D eigenvalue weighted by molar-refractivity contribution is -0.385. The van der Waals surface area contributed by atoms with Crippen LogP contribution in [-0.2, 0) is 0 Å². The molecule has 0 aliphatic rings. The summed E-state index contributed by atoms with van der Waals surface area (Å²) in [6.45, 7) is 0. The summed E-state index contributed by atoms with van der Waals surface area (Å²) in [5.74, 6) is -0.462. The van der Waals surface area contributed by atoms with Gasteiger partial charge in [0.25, 0.3) is 11.6 Å². The van der Waals surface area contributed by atoms with Crippen LogP contribution in [0, 0.1) is 10.1 Å². The van der Waals surface area contributed by atoms with Gasteiger partial charge in [0, 0.05) is 11.4 Å². The summed E-state index contributed by atoms with van der Waals surface area (Å²) in [5.41, 5.74) is 0.794. The first-order valence-corrected chi connectivity index (χ1v) is 7.41. The Bertz CT molecular complexity index is 646. The van der Waals surface area contributed by atoms with E-state index in [4.69, 9.17) is 0 Å². The number of halogens is 1. The molecule has 1 atom stereocenters. The van der Waals surface area contributed by atoms with E-state index in [1.807, 2.05) is 30.3 Å². The number of para-hydroxylation sites is 1. The molecule has 6 heteroatoms. The van der Waals surface area contributed by atoms with E-state index in [2.05, 4.69) is 21.2 Å². The lowest BCUT2D eigenvalue weighted by Gasteiger charge is -2.16. The highest BCUT2D eigenvalue weighted by molar-refractivity contribution is 9.09. The Balaban J connectivity index is 2.23. The number of rotatable bonds is 5. The molecule has 0 bridgehead atoms. The Morgan fingerprint density at radius 3 is 2.38 bits per heavy atom. The molecule has 2 aromatic rings. The first-order chi connectivity index (χ1) is 10.1. The fourth-order valence-corrected chi connectivity index (χ4v) is 2.49. The molecule has 1 unspecified atom stereocenters. The van der Waals surface area contributed by atoms with Crippen LogP contribution in [0.4, 0.5) is 5.69 Å². The van der Waals surface area contributed by atoms with Gasteiger partial charge in [-0.15, -0.1) is 0 Å². The number of alkyl halides is 1. The zero-order valence-corrected chi connectivity index (χ0v) is 12.6. The van der Waals surface area contributed by atoms with E-state index >= 15 is 0 Å². The molecule has 2 aromatic carbocycles. The zero-order chi connectivity index (χ0) is 15.2. The normalized spacial score (nSPS) is 11.7. The van der Waals surface area contributed by atoms with Gasteiger partial charge in [-0.05, 0) is 11.6 Å². The second-order valence-corrected chi connectivity index (χ2v) is 5.01. The highest BCUT2D eigenvalue weighted by atomic mass is 79.9. The SMILES string of the molecule is O=C(NC(CBr)c1ccccc1)c1ccccc1[N+](=O)[O-]. The zero-order valence-electron chi connectivity index (χ0n) is 11.0. The number of nitrogens with one attached hydrogen (secondary N) is 1. The number of nitro groups is 1. The van der Waals surface area contributed by atoms with Crippen molar-refractivity contribution < 1.29 is 9.72 Å². The van der Waals surface area contributed by atoms with E-state index in [1.165, 1.54) is 18.2 Å². The summed E-state index contributed by atoms with van der Waals surface area (Å²) >= 11 is 3.35. The standard InChI is InChI=1S/C15H13BrN2O3/c16-10-13(11-6-2-1-3-7-11)17-15(19)12-8-4-5-9-14(12)18(20)21/h1-9,13H,10H2,(H,17,19). The average Bonchev–Trinajstić information content (AvgIpc) is 2.53. The van der Waals surface area contributed by atoms with Crippen LogP contribution in [0.3, 0.4) is 0 Å². The lowest BCUT2D eigenvalue weighted by Crippen LogP contribution is -2.30. The Morgan fingerprint density at radius 2 is 1.76 bits per heavy atom. The summed E-state index contributed by atoms with van der Waals surface area (Å²) < 4.78 is 0. The Morgan fingerprint density at radius 1 is 1.14 bits per heavy atom. The topological polar surface area (TPSA) is 72.2 Å². The number of amides is 1. The minimum Gasteiger partial charge on any atom is -0.344 e.